The number of phenols is 2. The van der Waals surface area contributed by atoms with Gasteiger partial charge in [-0.25, -0.2) is 0 Å². The van der Waals surface area contributed by atoms with Crippen molar-refractivity contribution in [1.29, 1.82) is 0 Å². The molecule has 0 heterocycles. The Labute approximate surface area is 164 Å². The van der Waals surface area contributed by atoms with Gasteiger partial charge < -0.3 is 29.9 Å². The number of aromatic hydroxyl groups is 2. The van der Waals surface area contributed by atoms with Gasteiger partial charge in [0, 0.05) is 11.8 Å². The summed E-state index contributed by atoms with van der Waals surface area (Å²) >= 11 is 0. The lowest BCUT2D eigenvalue weighted by molar-refractivity contribution is 0.114. The normalized spacial score (nSPS) is 31.6. The fraction of sp³-hybridized carbons (Fsp3) is 0.455. The van der Waals surface area contributed by atoms with Crippen molar-refractivity contribution in [3.63, 3.8) is 0 Å². The first-order valence-electron chi connectivity index (χ1n) is 9.54. The van der Waals surface area contributed by atoms with Crippen LogP contribution in [-0.2, 0) is 0 Å². The van der Waals surface area contributed by atoms with Crippen LogP contribution in [0, 0.1) is 11.8 Å². The Morgan fingerprint density at radius 2 is 1.11 bits per heavy atom. The average molecular weight is 386 g/mol. The minimum absolute atomic E-state index is 0.0656. The Balaban J connectivity index is 1.67. The lowest BCUT2D eigenvalue weighted by atomic mass is 9.83. The minimum atomic E-state index is -0.529. The number of fused-ring (bicyclic) bond motifs is 1. The second-order valence-corrected chi connectivity index (χ2v) is 7.85. The Morgan fingerprint density at radius 3 is 1.46 bits per heavy atom. The summed E-state index contributed by atoms with van der Waals surface area (Å²) in [6.45, 7) is 0. The molecule has 28 heavy (non-hydrogen) atoms. The van der Waals surface area contributed by atoms with E-state index in [4.69, 9.17) is 9.47 Å². The van der Waals surface area contributed by atoms with E-state index in [-0.39, 0.29) is 35.2 Å². The lowest BCUT2D eigenvalue weighted by Crippen LogP contribution is -2.20. The fourth-order valence-electron chi connectivity index (χ4n) is 5.34. The summed E-state index contributed by atoms with van der Waals surface area (Å²) in [4.78, 5) is 0. The molecule has 4 rings (SSSR count). The maximum atomic E-state index is 10.8. The fourth-order valence-corrected chi connectivity index (χ4v) is 5.34. The second-order valence-electron chi connectivity index (χ2n) is 7.85. The summed E-state index contributed by atoms with van der Waals surface area (Å²) in [5, 5.41) is 41.4. The van der Waals surface area contributed by atoms with Crippen molar-refractivity contribution in [2.24, 2.45) is 11.8 Å². The van der Waals surface area contributed by atoms with Gasteiger partial charge in [-0.15, -0.1) is 0 Å². The van der Waals surface area contributed by atoms with Crippen LogP contribution >= 0.6 is 0 Å². The van der Waals surface area contributed by atoms with Crippen molar-refractivity contribution in [1.82, 2.24) is 0 Å². The van der Waals surface area contributed by atoms with Gasteiger partial charge in [-0.1, -0.05) is 12.1 Å². The molecule has 6 heteroatoms. The zero-order chi connectivity index (χ0) is 20.0. The van der Waals surface area contributed by atoms with Crippen molar-refractivity contribution in [3.05, 3.63) is 47.5 Å². The highest BCUT2D eigenvalue weighted by Crippen LogP contribution is 2.58. The first-order chi connectivity index (χ1) is 13.4. The average Bonchev–Trinajstić information content (AvgIpc) is 3.15. The summed E-state index contributed by atoms with van der Waals surface area (Å²) in [5.41, 5.74) is 1.82. The SMILES string of the molecule is COc1cc(C2C(O)CC3C2CC(O)C3c2ccc(O)c(OC)c2)ccc1O. The Morgan fingerprint density at radius 1 is 0.714 bits per heavy atom. The molecule has 0 aromatic heterocycles. The second kappa shape index (κ2) is 7.18. The number of hydrogen-bond acceptors (Lipinski definition) is 6. The van der Waals surface area contributed by atoms with Gasteiger partial charge in [-0.3, -0.25) is 0 Å². The Hall–Kier alpha value is -2.44. The van der Waals surface area contributed by atoms with E-state index in [1.165, 1.54) is 14.2 Å². The molecule has 150 valence electrons. The number of hydrogen-bond donors (Lipinski definition) is 4. The summed E-state index contributed by atoms with van der Waals surface area (Å²) in [7, 11) is 3.00. The molecule has 0 amide bonds. The molecule has 2 aliphatic rings. The van der Waals surface area contributed by atoms with Crippen LogP contribution in [-0.4, -0.2) is 46.9 Å². The molecule has 2 aromatic rings. The summed E-state index contributed by atoms with van der Waals surface area (Å²) in [5.74, 6) is 0.870. The summed E-state index contributed by atoms with van der Waals surface area (Å²) < 4.78 is 10.4. The molecule has 0 radical (unpaired) electrons. The predicted octanol–water partition coefficient (Wildman–Crippen LogP) is 2.74. The van der Waals surface area contributed by atoms with Gasteiger partial charge in [-0.2, -0.15) is 0 Å². The zero-order valence-electron chi connectivity index (χ0n) is 15.9. The van der Waals surface area contributed by atoms with E-state index in [2.05, 4.69) is 0 Å². The van der Waals surface area contributed by atoms with E-state index in [1.807, 2.05) is 12.1 Å². The van der Waals surface area contributed by atoms with Gasteiger partial charge in [0.25, 0.3) is 0 Å². The smallest absolute Gasteiger partial charge is 0.160 e. The van der Waals surface area contributed by atoms with Gasteiger partial charge in [-0.05, 0) is 60.1 Å². The van der Waals surface area contributed by atoms with E-state index < -0.39 is 12.2 Å². The van der Waals surface area contributed by atoms with E-state index in [0.29, 0.717) is 24.3 Å². The van der Waals surface area contributed by atoms with Gasteiger partial charge in [0.05, 0.1) is 26.4 Å². The number of benzene rings is 2. The van der Waals surface area contributed by atoms with Crippen LogP contribution in [0.4, 0.5) is 0 Å². The molecule has 2 aromatic carbocycles. The van der Waals surface area contributed by atoms with Crippen LogP contribution in [0.3, 0.4) is 0 Å². The van der Waals surface area contributed by atoms with E-state index in [1.54, 1.807) is 24.3 Å². The van der Waals surface area contributed by atoms with Gasteiger partial charge >= 0.3 is 0 Å². The number of ether oxygens (including phenoxy) is 2. The maximum absolute atomic E-state index is 10.8. The third-order valence-corrected chi connectivity index (χ3v) is 6.51. The van der Waals surface area contributed by atoms with Gasteiger partial charge in [0.2, 0.25) is 0 Å². The van der Waals surface area contributed by atoms with Crippen LogP contribution in [0.2, 0.25) is 0 Å². The molecule has 2 fully saturated rings. The highest BCUT2D eigenvalue weighted by molar-refractivity contribution is 5.46. The molecule has 2 saturated carbocycles. The standard InChI is InChI=1S/C22H26O6/c1-27-19-7-11(3-5-15(19)23)21-13-9-18(26)22(14(13)10-17(21)25)12-4-6-16(24)20(8-12)28-2/h3-8,13-14,17-18,21-26H,9-10H2,1-2H3. The van der Waals surface area contributed by atoms with Crippen LogP contribution in [0.15, 0.2) is 36.4 Å². The van der Waals surface area contributed by atoms with E-state index >= 15 is 0 Å². The summed E-state index contributed by atoms with van der Waals surface area (Å²) in [6, 6.07) is 10.3. The molecule has 0 aliphatic heterocycles. The molecule has 0 bridgehead atoms. The minimum Gasteiger partial charge on any atom is -0.504 e. The lowest BCUT2D eigenvalue weighted by Gasteiger charge is -2.22. The maximum Gasteiger partial charge on any atom is 0.160 e. The molecule has 6 nitrogen and oxygen atoms in total. The molecular weight excluding hydrogens is 360 g/mol. The first kappa shape index (κ1) is 18.9. The number of aliphatic hydroxyl groups excluding tert-OH is 2. The quantitative estimate of drug-likeness (QED) is 0.645. The number of rotatable bonds is 4. The highest BCUT2D eigenvalue weighted by atomic mass is 16.5. The number of phenolic OH excluding ortho intramolecular Hbond substituents is 2. The van der Waals surface area contributed by atoms with Gasteiger partial charge in [0.1, 0.15) is 0 Å². The van der Waals surface area contributed by atoms with E-state index in [9.17, 15) is 20.4 Å². The Bertz CT molecular complexity index is 795. The van der Waals surface area contributed by atoms with Crippen LogP contribution < -0.4 is 9.47 Å². The Kier molecular flexibility index (Phi) is 4.85. The predicted molar refractivity (Wildman–Crippen MR) is 103 cm³/mol. The van der Waals surface area contributed by atoms with Gasteiger partial charge in [0.15, 0.2) is 23.0 Å². The molecule has 2 aliphatic carbocycles. The molecule has 0 saturated heterocycles. The molecular formula is C22H26O6. The largest absolute Gasteiger partial charge is 0.504 e. The third-order valence-electron chi connectivity index (χ3n) is 6.51. The van der Waals surface area contributed by atoms with Crippen molar-refractivity contribution >= 4 is 0 Å². The highest BCUT2D eigenvalue weighted by Gasteiger charge is 2.53. The zero-order valence-corrected chi connectivity index (χ0v) is 15.9. The van der Waals surface area contributed by atoms with Crippen molar-refractivity contribution in [2.75, 3.05) is 14.2 Å². The number of aliphatic hydroxyl groups is 2. The van der Waals surface area contributed by atoms with Crippen LogP contribution in [0.5, 0.6) is 23.0 Å². The topological polar surface area (TPSA) is 99.4 Å². The molecule has 0 spiro atoms. The van der Waals surface area contributed by atoms with Crippen molar-refractivity contribution in [3.8, 4) is 23.0 Å². The summed E-state index contributed by atoms with van der Waals surface area (Å²) in [6.07, 6.45) is 0.115. The monoisotopic (exact) mass is 386 g/mol. The first-order valence-corrected chi connectivity index (χ1v) is 9.54. The third kappa shape index (κ3) is 2.97. The molecule has 6 unspecified atom stereocenters. The number of methoxy groups -OCH3 is 2. The van der Waals surface area contributed by atoms with Crippen molar-refractivity contribution < 1.29 is 29.9 Å². The van der Waals surface area contributed by atoms with Crippen LogP contribution in [0.25, 0.3) is 0 Å². The molecule has 6 atom stereocenters. The molecule has 4 N–H and O–H groups in total. The van der Waals surface area contributed by atoms with E-state index in [0.717, 1.165) is 11.1 Å². The van der Waals surface area contributed by atoms with Crippen LogP contribution in [0.1, 0.15) is 35.8 Å². The van der Waals surface area contributed by atoms with Crippen molar-refractivity contribution in [2.45, 2.75) is 36.9 Å².